The first-order valence-electron chi connectivity index (χ1n) is 4.96. The Morgan fingerprint density at radius 1 is 1.43 bits per heavy atom. The molecule has 0 amide bonds. The first-order valence-corrected chi connectivity index (χ1v) is 5.75. The number of carbonyl (C=O) groups excluding carboxylic acids is 1. The van der Waals surface area contributed by atoms with Crippen LogP contribution in [0.1, 0.15) is 33.6 Å². The summed E-state index contributed by atoms with van der Waals surface area (Å²) in [4.78, 5) is 11.9. The smallest absolute Gasteiger partial charge is 0.176 e. The van der Waals surface area contributed by atoms with Crippen molar-refractivity contribution in [2.75, 3.05) is 0 Å². The Labute approximate surface area is 92.5 Å². The summed E-state index contributed by atoms with van der Waals surface area (Å²) < 4.78 is 0.404. The highest BCUT2D eigenvalue weighted by Gasteiger charge is 2.60. The minimum absolute atomic E-state index is 0.0674. The highest BCUT2D eigenvalue weighted by Crippen LogP contribution is 2.63. The van der Waals surface area contributed by atoms with Crippen LogP contribution in [0.25, 0.3) is 0 Å². The second kappa shape index (κ2) is 2.63. The molecule has 2 aliphatic rings. The van der Waals surface area contributed by atoms with Crippen LogP contribution in [-0.2, 0) is 4.79 Å². The lowest BCUT2D eigenvalue weighted by atomic mass is 9.61. The number of aliphatic hydroxyl groups is 1. The van der Waals surface area contributed by atoms with Crippen LogP contribution < -0.4 is 0 Å². The van der Waals surface area contributed by atoms with Crippen molar-refractivity contribution in [1.29, 1.82) is 0 Å². The van der Waals surface area contributed by atoms with Gasteiger partial charge in [0, 0.05) is 11.3 Å². The van der Waals surface area contributed by atoms with Gasteiger partial charge in [0.1, 0.15) is 5.76 Å². The van der Waals surface area contributed by atoms with Gasteiger partial charge in [0.15, 0.2) is 5.78 Å². The zero-order chi connectivity index (χ0) is 10.7. The van der Waals surface area contributed by atoms with Crippen molar-refractivity contribution in [3.8, 4) is 0 Å². The van der Waals surface area contributed by atoms with Gasteiger partial charge in [-0.2, -0.15) is 0 Å². The van der Waals surface area contributed by atoms with Crippen molar-refractivity contribution in [3.05, 3.63) is 10.2 Å². The average Bonchev–Trinajstić information content (AvgIpc) is 2.30. The van der Waals surface area contributed by atoms with Gasteiger partial charge in [-0.3, -0.25) is 4.79 Å². The largest absolute Gasteiger partial charge is 0.510 e. The quantitative estimate of drug-likeness (QED) is 0.725. The standard InChI is InChI=1S/C11H15BrO2/c1-10(2)6-4-5-11(10,3)9(14)7(12)8(6)13/h6,14H,4-5H2,1-3H3/t6-,11+/m0/s1. The SMILES string of the molecule is CC1(C)[C@H]2CC[C@]1(C)C(O)=C(Br)C2=O. The molecule has 2 aliphatic carbocycles. The third-order valence-corrected chi connectivity index (χ3v) is 5.26. The lowest BCUT2D eigenvalue weighted by molar-refractivity contribution is -0.124. The van der Waals surface area contributed by atoms with Crippen LogP contribution in [0.5, 0.6) is 0 Å². The number of halogens is 1. The fourth-order valence-electron chi connectivity index (χ4n) is 2.89. The zero-order valence-corrected chi connectivity index (χ0v) is 10.3. The summed E-state index contributed by atoms with van der Waals surface area (Å²) in [7, 11) is 0. The molecule has 2 nitrogen and oxygen atoms in total. The molecule has 0 radical (unpaired) electrons. The van der Waals surface area contributed by atoms with Crippen LogP contribution in [0.2, 0.25) is 0 Å². The summed E-state index contributed by atoms with van der Waals surface area (Å²) in [6.45, 7) is 6.21. The number of Topliss-reactive ketones (excluding diaryl/α,β-unsaturated/α-hetero) is 1. The van der Waals surface area contributed by atoms with Crippen LogP contribution in [0, 0.1) is 16.7 Å². The minimum atomic E-state index is -0.232. The second-order valence-corrected chi connectivity index (χ2v) is 5.96. The van der Waals surface area contributed by atoms with Crippen LogP contribution >= 0.6 is 15.9 Å². The molecule has 2 bridgehead atoms. The zero-order valence-electron chi connectivity index (χ0n) is 8.72. The topological polar surface area (TPSA) is 37.3 Å². The van der Waals surface area contributed by atoms with Gasteiger partial charge < -0.3 is 5.11 Å². The van der Waals surface area contributed by atoms with Crippen molar-refractivity contribution < 1.29 is 9.90 Å². The number of ketones is 1. The number of hydrogen-bond donors (Lipinski definition) is 1. The molecule has 0 spiro atoms. The first-order chi connectivity index (χ1) is 6.32. The third kappa shape index (κ3) is 0.892. The fraction of sp³-hybridized carbons (Fsp3) is 0.727. The molecule has 0 aromatic carbocycles. The van der Waals surface area contributed by atoms with E-state index in [1.807, 2.05) is 0 Å². The molecule has 2 atom stereocenters. The van der Waals surface area contributed by atoms with E-state index >= 15 is 0 Å². The van der Waals surface area contributed by atoms with Crippen molar-refractivity contribution in [2.24, 2.45) is 16.7 Å². The summed E-state index contributed by atoms with van der Waals surface area (Å²) in [6, 6.07) is 0. The number of allylic oxidation sites excluding steroid dienone is 2. The molecule has 14 heavy (non-hydrogen) atoms. The Hall–Kier alpha value is -0.310. The van der Waals surface area contributed by atoms with Crippen molar-refractivity contribution in [2.45, 2.75) is 33.6 Å². The average molecular weight is 259 g/mol. The van der Waals surface area contributed by atoms with Gasteiger partial charge in [0.25, 0.3) is 0 Å². The molecular weight excluding hydrogens is 244 g/mol. The summed E-state index contributed by atoms with van der Waals surface area (Å²) in [5.74, 6) is 0.390. The van der Waals surface area contributed by atoms with E-state index in [1.165, 1.54) is 0 Å². The Kier molecular flexibility index (Phi) is 1.92. The lowest BCUT2D eigenvalue weighted by Crippen LogP contribution is -2.43. The van der Waals surface area contributed by atoms with Gasteiger partial charge >= 0.3 is 0 Å². The van der Waals surface area contributed by atoms with Crippen LogP contribution in [-0.4, -0.2) is 10.9 Å². The molecule has 1 saturated carbocycles. The lowest BCUT2D eigenvalue weighted by Gasteiger charge is -2.44. The van der Waals surface area contributed by atoms with Gasteiger partial charge in [-0.1, -0.05) is 20.8 Å². The maximum absolute atomic E-state index is 11.9. The highest BCUT2D eigenvalue weighted by atomic mass is 79.9. The van der Waals surface area contributed by atoms with E-state index in [2.05, 4.69) is 36.7 Å². The molecule has 2 rings (SSSR count). The van der Waals surface area contributed by atoms with Gasteiger partial charge in [0.2, 0.25) is 0 Å². The molecule has 0 aliphatic heterocycles. The molecule has 0 unspecified atom stereocenters. The van der Waals surface area contributed by atoms with E-state index in [9.17, 15) is 9.90 Å². The van der Waals surface area contributed by atoms with Crippen LogP contribution in [0.4, 0.5) is 0 Å². The van der Waals surface area contributed by atoms with Crippen LogP contribution in [0.15, 0.2) is 10.2 Å². The Balaban J connectivity index is 2.66. The summed E-state index contributed by atoms with van der Waals surface area (Å²) in [5, 5.41) is 10.0. The van der Waals surface area contributed by atoms with Gasteiger partial charge in [0.05, 0.1) is 4.48 Å². The fourth-order valence-corrected chi connectivity index (χ4v) is 3.61. The number of hydrogen-bond acceptors (Lipinski definition) is 2. The normalized spacial score (nSPS) is 40.6. The maximum atomic E-state index is 11.9. The van der Waals surface area contributed by atoms with E-state index in [0.29, 0.717) is 4.48 Å². The summed E-state index contributed by atoms with van der Waals surface area (Å²) >= 11 is 3.21. The number of aliphatic hydroxyl groups excluding tert-OH is 1. The summed E-state index contributed by atoms with van der Waals surface area (Å²) in [5.41, 5.74) is -0.351. The number of fused-ring (bicyclic) bond motifs is 2. The predicted octanol–water partition coefficient (Wildman–Crippen LogP) is 3.18. The molecular formula is C11H15BrO2. The van der Waals surface area contributed by atoms with Crippen molar-refractivity contribution >= 4 is 21.7 Å². The predicted molar refractivity (Wildman–Crippen MR) is 58.2 cm³/mol. The third-order valence-electron chi connectivity index (χ3n) is 4.49. The van der Waals surface area contributed by atoms with E-state index < -0.39 is 0 Å². The van der Waals surface area contributed by atoms with E-state index in [0.717, 1.165) is 12.8 Å². The molecule has 1 fully saturated rings. The molecule has 0 heterocycles. The van der Waals surface area contributed by atoms with Gasteiger partial charge in [-0.25, -0.2) is 0 Å². The second-order valence-electron chi connectivity index (χ2n) is 5.17. The van der Waals surface area contributed by atoms with Crippen molar-refractivity contribution in [1.82, 2.24) is 0 Å². The highest BCUT2D eigenvalue weighted by molar-refractivity contribution is 9.12. The molecule has 0 saturated heterocycles. The Bertz CT molecular complexity index is 343. The molecule has 0 aromatic rings. The number of carbonyl (C=O) groups is 1. The maximum Gasteiger partial charge on any atom is 0.176 e. The van der Waals surface area contributed by atoms with E-state index in [1.54, 1.807) is 0 Å². The van der Waals surface area contributed by atoms with Crippen molar-refractivity contribution in [3.63, 3.8) is 0 Å². The molecule has 1 N–H and O–H groups in total. The van der Waals surface area contributed by atoms with Gasteiger partial charge in [-0.15, -0.1) is 0 Å². The molecule has 0 aromatic heterocycles. The molecule has 3 heteroatoms. The Morgan fingerprint density at radius 3 is 2.57 bits per heavy atom. The minimum Gasteiger partial charge on any atom is -0.510 e. The van der Waals surface area contributed by atoms with Crippen LogP contribution in [0.3, 0.4) is 0 Å². The van der Waals surface area contributed by atoms with E-state index in [-0.39, 0.29) is 28.3 Å². The first kappa shape index (κ1) is 10.2. The van der Waals surface area contributed by atoms with E-state index in [4.69, 9.17) is 0 Å². The monoisotopic (exact) mass is 258 g/mol. The Morgan fingerprint density at radius 2 is 2.00 bits per heavy atom. The van der Waals surface area contributed by atoms with Gasteiger partial charge in [-0.05, 0) is 34.2 Å². The summed E-state index contributed by atoms with van der Waals surface area (Å²) in [6.07, 6.45) is 1.79. The number of rotatable bonds is 0. The molecule has 78 valence electrons.